The van der Waals surface area contributed by atoms with Gasteiger partial charge in [0.15, 0.2) is 0 Å². The smallest absolute Gasteiger partial charge is 0.266 e. The van der Waals surface area contributed by atoms with E-state index in [2.05, 4.69) is 26.0 Å². The minimum atomic E-state index is -0.0140. The number of carbonyl (C=O) groups is 1. The Bertz CT molecular complexity index is 767. The highest BCUT2D eigenvalue weighted by Gasteiger charge is 2.34. The number of carbonyl (C=O) groups excluding carboxylic acids is 1. The molecular weight excluding hydrogens is 378 g/mol. The lowest BCUT2D eigenvalue weighted by atomic mass is 9.96. The second kappa shape index (κ2) is 8.76. The van der Waals surface area contributed by atoms with E-state index < -0.39 is 0 Å². The Hall–Kier alpha value is -1.37. The van der Waals surface area contributed by atoms with Gasteiger partial charge in [0.25, 0.3) is 5.91 Å². The van der Waals surface area contributed by atoms with Crippen molar-refractivity contribution >= 4 is 40.3 Å². The van der Waals surface area contributed by atoms with Gasteiger partial charge in [0, 0.05) is 6.61 Å². The summed E-state index contributed by atoms with van der Waals surface area (Å²) in [6.45, 7) is 10.3. The predicted molar refractivity (Wildman–Crippen MR) is 115 cm³/mol. The summed E-state index contributed by atoms with van der Waals surface area (Å²) in [5.74, 6) is 1.25. The molecule has 2 saturated heterocycles. The van der Waals surface area contributed by atoms with Crippen molar-refractivity contribution in [1.29, 1.82) is 0 Å². The maximum absolute atomic E-state index is 12.9. The average molecular weight is 406 g/mol. The molecule has 6 heteroatoms. The molecule has 0 N–H and O–H groups in total. The molecular formula is C21H27NO3S2. The lowest BCUT2D eigenvalue weighted by Crippen LogP contribution is -2.35. The first kappa shape index (κ1) is 20.4. The molecule has 1 aromatic carbocycles. The largest absolute Gasteiger partial charge is 0.494 e. The number of hydrogen-bond donors (Lipinski definition) is 0. The van der Waals surface area contributed by atoms with Crippen LogP contribution in [0.3, 0.4) is 0 Å². The third-order valence-electron chi connectivity index (χ3n) is 4.89. The van der Waals surface area contributed by atoms with Crippen LogP contribution in [0.15, 0.2) is 17.0 Å². The van der Waals surface area contributed by atoms with E-state index in [1.54, 1.807) is 4.90 Å². The van der Waals surface area contributed by atoms with Gasteiger partial charge in [-0.1, -0.05) is 37.8 Å². The van der Waals surface area contributed by atoms with Gasteiger partial charge in [0.2, 0.25) is 0 Å². The van der Waals surface area contributed by atoms with E-state index in [-0.39, 0.29) is 12.0 Å². The Balaban J connectivity index is 1.86. The van der Waals surface area contributed by atoms with E-state index in [4.69, 9.17) is 21.7 Å². The first-order valence-electron chi connectivity index (χ1n) is 9.55. The van der Waals surface area contributed by atoms with Gasteiger partial charge >= 0.3 is 0 Å². The van der Waals surface area contributed by atoms with Gasteiger partial charge in [0.1, 0.15) is 10.1 Å². The molecule has 2 fully saturated rings. The van der Waals surface area contributed by atoms with E-state index in [1.165, 1.54) is 11.8 Å². The summed E-state index contributed by atoms with van der Waals surface area (Å²) in [4.78, 5) is 15.2. The molecule has 0 aliphatic carbocycles. The van der Waals surface area contributed by atoms with Crippen LogP contribution >= 0.6 is 24.0 Å². The van der Waals surface area contributed by atoms with Crippen LogP contribution in [0.4, 0.5) is 0 Å². The van der Waals surface area contributed by atoms with Gasteiger partial charge in [0.05, 0.1) is 24.2 Å². The van der Waals surface area contributed by atoms with Crippen LogP contribution in [0.2, 0.25) is 0 Å². The lowest BCUT2D eigenvalue weighted by Gasteiger charge is -2.18. The topological polar surface area (TPSA) is 38.8 Å². The molecule has 0 aromatic heterocycles. The van der Waals surface area contributed by atoms with Crippen molar-refractivity contribution in [1.82, 2.24) is 4.90 Å². The second-order valence-electron chi connectivity index (χ2n) is 7.26. The number of ether oxygens (including phenoxy) is 2. The van der Waals surface area contributed by atoms with Crippen molar-refractivity contribution in [2.75, 3.05) is 19.8 Å². The molecule has 0 unspecified atom stereocenters. The minimum absolute atomic E-state index is 0.0140. The molecule has 2 aliphatic rings. The van der Waals surface area contributed by atoms with Gasteiger partial charge in [-0.05, 0) is 67.5 Å². The summed E-state index contributed by atoms with van der Waals surface area (Å²) in [6, 6.07) is 4.20. The number of nitrogens with zero attached hydrogens (tertiary/aromatic N) is 1. The average Bonchev–Trinajstić information content (AvgIpc) is 3.21. The van der Waals surface area contributed by atoms with E-state index in [9.17, 15) is 4.79 Å². The Morgan fingerprint density at radius 3 is 2.85 bits per heavy atom. The fourth-order valence-corrected chi connectivity index (χ4v) is 4.66. The summed E-state index contributed by atoms with van der Waals surface area (Å²) < 4.78 is 12.1. The molecule has 1 aromatic rings. The van der Waals surface area contributed by atoms with Gasteiger partial charge in [-0.2, -0.15) is 0 Å². The summed E-state index contributed by atoms with van der Waals surface area (Å²) in [7, 11) is 0. The first-order chi connectivity index (χ1) is 12.9. The van der Waals surface area contributed by atoms with Crippen molar-refractivity contribution in [3.8, 4) is 5.75 Å². The molecule has 27 heavy (non-hydrogen) atoms. The van der Waals surface area contributed by atoms with Crippen LogP contribution in [0, 0.1) is 6.92 Å². The predicted octanol–water partition coefficient (Wildman–Crippen LogP) is 4.90. The number of benzene rings is 1. The van der Waals surface area contributed by atoms with E-state index in [1.807, 2.05) is 19.9 Å². The molecule has 1 amide bonds. The summed E-state index contributed by atoms with van der Waals surface area (Å²) in [5.41, 5.74) is 3.29. The fraction of sp³-hybridized carbons (Fsp3) is 0.524. The Kier molecular flexibility index (Phi) is 6.61. The molecule has 146 valence electrons. The molecule has 1 atom stereocenters. The van der Waals surface area contributed by atoms with Crippen LogP contribution in [0.25, 0.3) is 6.08 Å². The monoisotopic (exact) mass is 405 g/mol. The zero-order valence-corrected chi connectivity index (χ0v) is 18.0. The third kappa shape index (κ3) is 4.55. The van der Waals surface area contributed by atoms with Crippen molar-refractivity contribution in [2.45, 2.75) is 52.6 Å². The van der Waals surface area contributed by atoms with E-state index in [0.29, 0.717) is 28.3 Å². The second-order valence-corrected chi connectivity index (χ2v) is 8.94. The number of thioether (sulfide) groups is 1. The van der Waals surface area contributed by atoms with E-state index >= 15 is 0 Å². The Morgan fingerprint density at radius 1 is 1.44 bits per heavy atom. The van der Waals surface area contributed by atoms with Crippen molar-refractivity contribution in [3.63, 3.8) is 0 Å². The summed E-state index contributed by atoms with van der Waals surface area (Å²) in [5, 5.41) is 0. The number of thiocarbonyl (C=S) groups is 1. The molecule has 2 aliphatic heterocycles. The van der Waals surface area contributed by atoms with Crippen LogP contribution in [0.5, 0.6) is 5.75 Å². The maximum atomic E-state index is 12.9. The van der Waals surface area contributed by atoms with Crippen LogP contribution in [-0.4, -0.2) is 41.0 Å². The quantitative estimate of drug-likeness (QED) is 0.497. The molecule has 0 bridgehead atoms. The Labute approximate surface area is 171 Å². The van der Waals surface area contributed by atoms with Crippen LogP contribution < -0.4 is 4.74 Å². The lowest BCUT2D eigenvalue weighted by molar-refractivity contribution is -0.123. The van der Waals surface area contributed by atoms with Crippen LogP contribution in [-0.2, 0) is 9.53 Å². The van der Waals surface area contributed by atoms with Crippen molar-refractivity contribution in [2.24, 2.45) is 0 Å². The molecule has 0 radical (unpaired) electrons. The highest BCUT2D eigenvalue weighted by molar-refractivity contribution is 8.26. The third-order valence-corrected chi connectivity index (χ3v) is 6.27. The van der Waals surface area contributed by atoms with Crippen molar-refractivity contribution < 1.29 is 14.3 Å². The van der Waals surface area contributed by atoms with Crippen LogP contribution in [0.1, 0.15) is 56.2 Å². The summed E-state index contributed by atoms with van der Waals surface area (Å²) in [6.07, 6.45) is 4.11. The number of rotatable bonds is 6. The first-order valence-corrected chi connectivity index (χ1v) is 10.8. The van der Waals surface area contributed by atoms with Gasteiger partial charge < -0.3 is 9.47 Å². The maximum Gasteiger partial charge on any atom is 0.266 e. The molecule has 4 nitrogen and oxygen atoms in total. The SMILES string of the molecule is CCOc1cc(C)c(/C=C2\SC(=S)N(C[C@H]3CCCO3)C2=O)cc1C(C)C. The number of aryl methyl sites for hydroxylation is 1. The van der Waals surface area contributed by atoms with Gasteiger partial charge in [-0.15, -0.1) is 0 Å². The highest BCUT2D eigenvalue weighted by Crippen LogP contribution is 2.36. The normalized spacial score (nSPS) is 21.7. The summed E-state index contributed by atoms with van der Waals surface area (Å²) >= 11 is 6.83. The molecule has 3 rings (SSSR count). The van der Waals surface area contributed by atoms with Gasteiger partial charge in [-0.3, -0.25) is 9.69 Å². The Morgan fingerprint density at radius 2 is 2.22 bits per heavy atom. The van der Waals surface area contributed by atoms with Gasteiger partial charge in [-0.25, -0.2) is 0 Å². The molecule has 2 heterocycles. The number of hydrogen-bond acceptors (Lipinski definition) is 5. The van der Waals surface area contributed by atoms with E-state index in [0.717, 1.165) is 41.9 Å². The minimum Gasteiger partial charge on any atom is -0.494 e. The zero-order valence-electron chi connectivity index (χ0n) is 16.4. The molecule has 0 spiro atoms. The molecule has 0 saturated carbocycles. The van der Waals surface area contributed by atoms with Crippen molar-refractivity contribution in [3.05, 3.63) is 33.7 Å². The zero-order chi connectivity index (χ0) is 19.6. The highest BCUT2D eigenvalue weighted by atomic mass is 32.2. The number of amides is 1. The fourth-order valence-electron chi connectivity index (χ4n) is 3.39. The standard InChI is InChI=1S/C21H27NO3S2/c1-5-24-18-9-14(4)15(10-17(18)13(2)3)11-19-20(23)22(21(26)27-19)12-16-7-6-8-25-16/h9-11,13,16H,5-8,12H2,1-4H3/b19-11-/t16-/m1/s1.